The molecule has 2 aromatic rings. The Bertz CT molecular complexity index is 693. The highest BCUT2D eigenvalue weighted by Gasteiger charge is 2.21. The van der Waals surface area contributed by atoms with Gasteiger partial charge in [-0.3, -0.25) is 9.69 Å². The van der Waals surface area contributed by atoms with Crippen molar-refractivity contribution in [2.45, 2.75) is 38.6 Å². The summed E-state index contributed by atoms with van der Waals surface area (Å²) in [6.45, 7) is 4.73. The smallest absolute Gasteiger partial charge is 0.222 e. The van der Waals surface area contributed by atoms with Crippen LogP contribution in [0.15, 0.2) is 40.9 Å². The van der Waals surface area contributed by atoms with Crippen LogP contribution >= 0.6 is 0 Å². The van der Waals surface area contributed by atoms with Crippen molar-refractivity contribution in [3.8, 4) is 11.3 Å². The van der Waals surface area contributed by atoms with Crippen LogP contribution in [-0.4, -0.2) is 53.4 Å². The molecule has 0 bridgehead atoms. The van der Waals surface area contributed by atoms with Gasteiger partial charge in [-0.05, 0) is 19.4 Å². The largest absolute Gasteiger partial charge is 0.439 e. The number of rotatable bonds is 9. The zero-order valence-corrected chi connectivity index (χ0v) is 16.0. The third-order valence-electron chi connectivity index (χ3n) is 5.04. The van der Waals surface area contributed by atoms with Crippen molar-refractivity contribution in [3.05, 3.63) is 42.4 Å². The van der Waals surface area contributed by atoms with Crippen LogP contribution in [0.1, 0.15) is 38.0 Å². The second-order valence-corrected chi connectivity index (χ2v) is 7.09. The van der Waals surface area contributed by atoms with Crippen LogP contribution in [0.2, 0.25) is 0 Å². The first-order valence-electron chi connectivity index (χ1n) is 9.96. The lowest BCUT2D eigenvalue weighted by Crippen LogP contribution is -2.48. The van der Waals surface area contributed by atoms with Crippen molar-refractivity contribution in [1.82, 2.24) is 14.8 Å². The highest BCUT2D eigenvalue weighted by molar-refractivity contribution is 5.76. The first-order valence-corrected chi connectivity index (χ1v) is 9.96. The number of piperazine rings is 1. The highest BCUT2D eigenvalue weighted by Crippen LogP contribution is 2.20. The van der Waals surface area contributed by atoms with E-state index in [2.05, 4.69) is 9.88 Å². The van der Waals surface area contributed by atoms with Gasteiger partial charge in [0.05, 0.1) is 12.7 Å². The first kappa shape index (κ1) is 19.6. The molecule has 2 N–H and O–H groups in total. The van der Waals surface area contributed by atoms with Crippen LogP contribution in [0.4, 0.5) is 0 Å². The molecule has 146 valence electrons. The molecule has 0 saturated carbocycles. The number of carbonyl (C=O) groups excluding carboxylic acids is 1. The molecule has 1 aliphatic heterocycles. The Kier molecular flexibility index (Phi) is 7.42. The maximum atomic E-state index is 12.3. The third-order valence-corrected chi connectivity index (χ3v) is 5.04. The quantitative estimate of drug-likeness (QED) is 0.687. The Labute approximate surface area is 161 Å². The number of aromatic nitrogens is 1. The molecule has 27 heavy (non-hydrogen) atoms. The zero-order chi connectivity index (χ0) is 18.9. The van der Waals surface area contributed by atoms with Gasteiger partial charge in [-0.15, -0.1) is 0 Å². The molecule has 1 aromatic carbocycles. The summed E-state index contributed by atoms with van der Waals surface area (Å²) in [4.78, 5) is 21.0. The fourth-order valence-electron chi connectivity index (χ4n) is 3.40. The highest BCUT2D eigenvalue weighted by atomic mass is 16.4. The van der Waals surface area contributed by atoms with Crippen LogP contribution in [0, 0.1) is 0 Å². The predicted octanol–water partition coefficient (Wildman–Crippen LogP) is 2.90. The van der Waals surface area contributed by atoms with Gasteiger partial charge in [0.25, 0.3) is 0 Å². The van der Waals surface area contributed by atoms with E-state index < -0.39 is 0 Å². The molecule has 1 aromatic heterocycles. The fourth-order valence-corrected chi connectivity index (χ4v) is 3.40. The number of hydrogen-bond acceptors (Lipinski definition) is 5. The summed E-state index contributed by atoms with van der Waals surface area (Å²) < 4.78 is 5.89. The second-order valence-electron chi connectivity index (χ2n) is 7.09. The van der Waals surface area contributed by atoms with Gasteiger partial charge in [-0.2, -0.15) is 0 Å². The summed E-state index contributed by atoms with van der Waals surface area (Å²) in [6, 6.07) is 10.0. The Morgan fingerprint density at radius 2 is 1.78 bits per heavy atom. The van der Waals surface area contributed by atoms with E-state index in [0.29, 0.717) is 13.0 Å². The summed E-state index contributed by atoms with van der Waals surface area (Å²) in [5.41, 5.74) is 6.54. The number of nitrogens with two attached hydrogens (primary N) is 1. The van der Waals surface area contributed by atoms with Crippen molar-refractivity contribution in [2.75, 3.05) is 32.7 Å². The molecular weight excluding hydrogens is 340 g/mol. The van der Waals surface area contributed by atoms with Gasteiger partial charge in [0.1, 0.15) is 0 Å². The third kappa shape index (κ3) is 5.91. The van der Waals surface area contributed by atoms with Gasteiger partial charge in [-0.1, -0.05) is 43.2 Å². The summed E-state index contributed by atoms with van der Waals surface area (Å²) in [5, 5.41) is 0. The SMILES string of the molecule is NCCCCCCC(=O)N1CCN(Cc2ncc(-c3ccccc3)o2)CC1. The van der Waals surface area contributed by atoms with Gasteiger partial charge < -0.3 is 15.1 Å². The second kappa shape index (κ2) is 10.2. The van der Waals surface area contributed by atoms with Gasteiger partial charge in [0.15, 0.2) is 5.76 Å². The molecule has 0 spiro atoms. The number of amides is 1. The summed E-state index contributed by atoms with van der Waals surface area (Å²) in [6.07, 6.45) is 6.69. The molecule has 2 heterocycles. The molecule has 1 fully saturated rings. The maximum Gasteiger partial charge on any atom is 0.222 e. The molecule has 1 saturated heterocycles. The van der Waals surface area contributed by atoms with E-state index in [1.54, 1.807) is 6.20 Å². The Morgan fingerprint density at radius 3 is 2.52 bits per heavy atom. The van der Waals surface area contributed by atoms with Gasteiger partial charge in [0, 0.05) is 38.2 Å². The van der Waals surface area contributed by atoms with Crippen molar-refractivity contribution in [3.63, 3.8) is 0 Å². The number of carbonyl (C=O) groups is 1. The molecule has 0 unspecified atom stereocenters. The number of nitrogens with zero attached hydrogens (tertiary/aromatic N) is 3. The first-order chi connectivity index (χ1) is 13.3. The average Bonchev–Trinajstić information content (AvgIpc) is 3.17. The summed E-state index contributed by atoms with van der Waals surface area (Å²) >= 11 is 0. The predicted molar refractivity (Wildman–Crippen MR) is 106 cm³/mol. The van der Waals surface area contributed by atoms with Crippen molar-refractivity contribution in [1.29, 1.82) is 0 Å². The normalized spacial score (nSPS) is 15.2. The van der Waals surface area contributed by atoms with Crippen molar-refractivity contribution in [2.24, 2.45) is 5.73 Å². The molecule has 1 amide bonds. The number of hydrogen-bond donors (Lipinski definition) is 1. The van der Waals surface area contributed by atoms with E-state index in [-0.39, 0.29) is 5.91 Å². The molecule has 1 aliphatic rings. The van der Waals surface area contributed by atoms with E-state index in [9.17, 15) is 4.79 Å². The van der Waals surface area contributed by atoms with Crippen molar-refractivity contribution < 1.29 is 9.21 Å². The average molecular weight is 370 g/mol. The van der Waals surface area contributed by atoms with Gasteiger partial charge in [0.2, 0.25) is 11.8 Å². The van der Waals surface area contributed by atoms with E-state index >= 15 is 0 Å². The minimum absolute atomic E-state index is 0.282. The van der Waals surface area contributed by atoms with Gasteiger partial charge in [-0.25, -0.2) is 4.98 Å². The lowest BCUT2D eigenvalue weighted by molar-refractivity contribution is -0.133. The molecule has 6 nitrogen and oxygen atoms in total. The minimum atomic E-state index is 0.282. The number of unbranched alkanes of at least 4 members (excludes halogenated alkanes) is 3. The molecule has 0 radical (unpaired) electrons. The van der Waals surface area contributed by atoms with E-state index in [4.69, 9.17) is 10.2 Å². The monoisotopic (exact) mass is 370 g/mol. The van der Waals surface area contributed by atoms with Crippen molar-refractivity contribution >= 4 is 5.91 Å². The lowest BCUT2D eigenvalue weighted by Gasteiger charge is -2.34. The number of oxazole rings is 1. The molecular formula is C21H30N4O2. The van der Waals surface area contributed by atoms with Crippen LogP contribution in [0.5, 0.6) is 0 Å². The molecule has 0 atom stereocenters. The van der Waals surface area contributed by atoms with E-state index in [1.165, 1.54) is 0 Å². The lowest BCUT2D eigenvalue weighted by atomic mass is 10.1. The van der Waals surface area contributed by atoms with Gasteiger partial charge >= 0.3 is 0 Å². The van der Waals surface area contributed by atoms with Crippen LogP contribution < -0.4 is 5.73 Å². The summed E-state index contributed by atoms with van der Waals surface area (Å²) in [5.74, 6) is 1.81. The van der Waals surface area contributed by atoms with Crippen LogP contribution in [-0.2, 0) is 11.3 Å². The van der Waals surface area contributed by atoms with E-state index in [1.807, 2.05) is 35.2 Å². The summed E-state index contributed by atoms with van der Waals surface area (Å²) in [7, 11) is 0. The Balaban J connectivity index is 1.39. The van der Waals surface area contributed by atoms with Crippen LogP contribution in [0.3, 0.4) is 0 Å². The minimum Gasteiger partial charge on any atom is -0.439 e. The number of benzene rings is 1. The maximum absolute atomic E-state index is 12.3. The standard InChI is InChI=1S/C21H30N4O2/c22-11-7-2-1-6-10-21(26)25-14-12-24(13-15-25)17-20-23-16-19(27-20)18-8-4-3-5-9-18/h3-5,8-9,16H,1-2,6-7,10-15,17,22H2. The zero-order valence-electron chi connectivity index (χ0n) is 16.0. The molecule has 3 rings (SSSR count). The van der Waals surface area contributed by atoms with E-state index in [0.717, 1.165) is 75.6 Å². The molecule has 6 heteroatoms. The fraction of sp³-hybridized carbons (Fsp3) is 0.524. The topological polar surface area (TPSA) is 75.6 Å². The Morgan fingerprint density at radius 1 is 1.04 bits per heavy atom. The molecule has 0 aliphatic carbocycles. The Hall–Kier alpha value is -2.18. The van der Waals surface area contributed by atoms with Crippen LogP contribution in [0.25, 0.3) is 11.3 Å².